The number of hydrogen-bond donors (Lipinski definition) is 1. The summed E-state index contributed by atoms with van der Waals surface area (Å²) in [7, 11) is 0. The SMILES string of the molecule is CCCC(C(=O)O)N1CCN(C2CCCC2)CC1. The van der Waals surface area contributed by atoms with Crippen LogP contribution < -0.4 is 0 Å². The Labute approximate surface area is 110 Å². The maximum Gasteiger partial charge on any atom is 0.320 e. The molecule has 2 aliphatic rings. The average molecular weight is 254 g/mol. The van der Waals surface area contributed by atoms with E-state index in [0.29, 0.717) is 0 Å². The van der Waals surface area contributed by atoms with E-state index in [1.54, 1.807) is 0 Å². The van der Waals surface area contributed by atoms with Gasteiger partial charge in [-0.25, -0.2) is 0 Å². The standard InChI is InChI=1S/C14H26N2O2/c1-2-5-13(14(17)18)16-10-8-15(9-11-16)12-6-3-4-7-12/h12-13H,2-11H2,1H3,(H,17,18). The fraction of sp³-hybridized carbons (Fsp3) is 0.929. The molecule has 1 heterocycles. The molecule has 1 saturated heterocycles. The third kappa shape index (κ3) is 3.23. The Balaban J connectivity index is 1.82. The van der Waals surface area contributed by atoms with Crippen LogP contribution >= 0.6 is 0 Å². The minimum Gasteiger partial charge on any atom is -0.480 e. The number of carboxylic acids is 1. The van der Waals surface area contributed by atoms with Crippen LogP contribution in [-0.2, 0) is 4.79 Å². The fourth-order valence-electron chi connectivity index (χ4n) is 3.42. The third-order valence-electron chi connectivity index (χ3n) is 4.48. The second kappa shape index (κ2) is 6.53. The number of nitrogens with zero attached hydrogens (tertiary/aromatic N) is 2. The molecule has 0 aromatic heterocycles. The summed E-state index contributed by atoms with van der Waals surface area (Å²) < 4.78 is 0. The van der Waals surface area contributed by atoms with Crippen LogP contribution in [-0.4, -0.2) is 59.1 Å². The first-order valence-corrected chi connectivity index (χ1v) is 7.43. The van der Waals surface area contributed by atoms with Crippen molar-refractivity contribution >= 4 is 5.97 Å². The molecule has 1 saturated carbocycles. The second-order valence-corrected chi connectivity index (χ2v) is 5.65. The highest BCUT2D eigenvalue weighted by molar-refractivity contribution is 5.73. The van der Waals surface area contributed by atoms with E-state index in [4.69, 9.17) is 0 Å². The molecule has 2 rings (SSSR count). The van der Waals surface area contributed by atoms with Crippen molar-refractivity contribution in [1.82, 2.24) is 9.80 Å². The molecule has 0 bridgehead atoms. The van der Waals surface area contributed by atoms with E-state index < -0.39 is 5.97 Å². The molecule has 18 heavy (non-hydrogen) atoms. The lowest BCUT2D eigenvalue weighted by Crippen LogP contribution is -2.54. The molecule has 4 heteroatoms. The Morgan fingerprint density at radius 1 is 1.22 bits per heavy atom. The van der Waals surface area contributed by atoms with Crippen molar-refractivity contribution in [2.75, 3.05) is 26.2 Å². The van der Waals surface area contributed by atoms with E-state index in [2.05, 4.69) is 16.7 Å². The first kappa shape index (κ1) is 13.8. The largest absolute Gasteiger partial charge is 0.480 e. The van der Waals surface area contributed by atoms with Gasteiger partial charge < -0.3 is 5.11 Å². The summed E-state index contributed by atoms with van der Waals surface area (Å²) in [5.41, 5.74) is 0. The number of piperazine rings is 1. The van der Waals surface area contributed by atoms with E-state index in [1.807, 2.05) is 0 Å². The van der Waals surface area contributed by atoms with Gasteiger partial charge in [0.15, 0.2) is 0 Å². The topological polar surface area (TPSA) is 43.8 Å². The quantitative estimate of drug-likeness (QED) is 0.812. The van der Waals surface area contributed by atoms with Crippen LogP contribution in [0.5, 0.6) is 0 Å². The van der Waals surface area contributed by atoms with Crippen LogP contribution in [0, 0.1) is 0 Å². The summed E-state index contributed by atoms with van der Waals surface area (Å²) >= 11 is 0. The van der Waals surface area contributed by atoms with Crippen LogP contribution in [0.1, 0.15) is 45.4 Å². The zero-order valence-corrected chi connectivity index (χ0v) is 11.5. The summed E-state index contributed by atoms with van der Waals surface area (Å²) in [5, 5.41) is 9.28. The molecular formula is C14H26N2O2. The van der Waals surface area contributed by atoms with Gasteiger partial charge in [0.05, 0.1) is 0 Å². The highest BCUT2D eigenvalue weighted by Gasteiger charge is 2.31. The summed E-state index contributed by atoms with van der Waals surface area (Å²) in [6.45, 7) is 6.02. The van der Waals surface area contributed by atoms with Crippen molar-refractivity contribution in [3.8, 4) is 0 Å². The van der Waals surface area contributed by atoms with Gasteiger partial charge in [-0.1, -0.05) is 26.2 Å². The maximum atomic E-state index is 11.3. The molecule has 1 aliphatic heterocycles. The summed E-state index contributed by atoms with van der Waals surface area (Å²) in [5.74, 6) is -0.647. The van der Waals surface area contributed by atoms with Crippen LogP contribution in [0.2, 0.25) is 0 Å². The zero-order chi connectivity index (χ0) is 13.0. The van der Waals surface area contributed by atoms with Crippen molar-refractivity contribution in [2.45, 2.75) is 57.5 Å². The van der Waals surface area contributed by atoms with Crippen LogP contribution in [0.3, 0.4) is 0 Å². The Hall–Kier alpha value is -0.610. The van der Waals surface area contributed by atoms with Gasteiger partial charge >= 0.3 is 5.97 Å². The van der Waals surface area contributed by atoms with Gasteiger partial charge in [-0.15, -0.1) is 0 Å². The monoisotopic (exact) mass is 254 g/mol. The van der Waals surface area contributed by atoms with Crippen molar-refractivity contribution in [3.05, 3.63) is 0 Å². The lowest BCUT2D eigenvalue weighted by molar-refractivity contribution is -0.144. The van der Waals surface area contributed by atoms with Crippen molar-refractivity contribution < 1.29 is 9.90 Å². The lowest BCUT2D eigenvalue weighted by Gasteiger charge is -2.40. The van der Waals surface area contributed by atoms with E-state index in [1.165, 1.54) is 25.7 Å². The van der Waals surface area contributed by atoms with E-state index in [9.17, 15) is 9.90 Å². The van der Waals surface area contributed by atoms with Gasteiger partial charge in [0.2, 0.25) is 0 Å². The molecule has 0 aromatic rings. The van der Waals surface area contributed by atoms with Crippen LogP contribution in [0.4, 0.5) is 0 Å². The molecule has 0 radical (unpaired) electrons. The van der Waals surface area contributed by atoms with E-state index in [0.717, 1.165) is 45.1 Å². The highest BCUT2D eigenvalue weighted by atomic mass is 16.4. The Morgan fingerprint density at radius 3 is 2.33 bits per heavy atom. The molecule has 2 fully saturated rings. The first-order valence-electron chi connectivity index (χ1n) is 7.43. The number of rotatable bonds is 5. The normalized spacial score (nSPS) is 25.4. The number of carbonyl (C=O) groups is 1. The molecule has 1 atom stereocenters. The summed E-state index contributed by atoms with van der Waals surface area (Å²) in [6, 6.07) is 0.516. The maximum absolute atomic E-state index is 11.3. The van der Waals surface area contributed by atoms with Crippen molar-refractivity contribution in [1.29, 1.82) is 0 Å². The van der Waals surface area contributed by atoms with E-state index in [-0.39, 0.29) is 6.04 Å². The minimum atomic E-state index is -0.647. The van der Waals surface area contributed by atoms with Crippen molar-refractivity contribution in [3.63, 3.8) is 0 Å². The van der Waals surface area contributed by atoms with Gasteiger partial charge in [0.1, 0.15) is 6.04 Å². The Morgan fingerprint density at radius 2 is 1.83 bits per heavy atom. The number of hydrogen-bond acceptors (Lipinski definition) is 3. The fourth-order valence-corrected chi connectivity index (χ4v) is 3.42. The predicted octanol–water partition coefficient (Wildman–Crippen LogP) is 1.80. The summed E-state index contributed by atoms with van der Waals surface area (Å²) in [6.07, 6.45) is 7.16. The Kier molecular flexibility index (Phi) is 5.01. The highest BCUT2D eigenvalue weighted by Crippen LogP contribution is 2.24. The molecule has 1 N–H and O–H groups in total. The zero-order valence-electron chi connectivity index (χ0n) is 11.5. The van der Waals surface area contributed by atoms with Gasteiger partial charge in [-0.05, 0) is 19.3 Å². The smallest absolute Gasteiger partial charge is 0.320 e. The minimum absolute atomic E-state index is 0.263. The average Bonchev–Trinajstić information content (AvgIpc) is 2.90. The molecule has 1 aliphatic carbocycles. The van der Waals surface area contributed by atoms with Crippen LogP contribution in [0.15, 0.2) is 0 Å². The second-order valence-electron chi connectivity index (χ2n) is 5.65. The van der Waals surface area contributed by atoms with Gasteiger partial charge in [0.25, 0.3) is 0 Å². The molecule has 104 valence electrons. The summed E-state index contributed by atoms with van der Waals surface area (Å²) in [4.78, 5) is 16.0. The predicted molar refractivity (Wildman–Crippen MR) is 71.7 cm³/mol. The number of aliphatic carboxylic acids is 1. The van der Waals surface area contributed by atoms with Gasteiger partial charge in [0, 0.05) is 32.2 Å². The molecule has 0 spiro atoms. The molecule has 0 amide bonds. The number of carboxylic acid groups (broad SMARTS) is 1. The third-order valence-corrected chi connectivity index (χ3v) is 4.48. The van der Waals surface area contributed by atoms with Gasteiger partial charge in [-0.3, -0.25) is 14.6 Å². The van der Waals surface area contributed by atoms with Gasteiger partial charge in [-0.2, -0.15) is 0 Å². The van der Waals surface area contributed by atoms with E-state index >= 15 is 0 Å². The first-order chi connectivity index (χ1) is 8.72. The molecule has 1 unspecified atom stereocenters. The molecule has 4 nitrogen and oxygen atoms in total. The van der Waals surface area contributed by atoms with Crippen LogP contribution in [0.25, 0.3) is 0 Å². The van der Waals surface area contributed by atoms with Crippen molar-refractivity contribution in [2.24, 2.45) is 0 Å². The molecule has 0 aromatic carbocycles. The lowest BCUT2D eigenvalue weighted by atomic mass is 10.1. The Bertz CT molecular complexity index is 269. The molecular weight excluding hydrogens is 228 g/mol.